The van der Waals surface area contributed by atoms with Gasteiger partial charge in [-0.1, -0.05) is 19.1 Å². The maximum atomic E-state index is 10.7. The van der Waals surface area contributed by atoms with E-state index in [1.165, 1.54) is 12.0 Å². The minimum atomic E-state index is -0.416. The molecule has 1 aromatic carbocycles. The number of rotatable bonds is 4. The van der Waals surface area contributed by atoms with Crippen molar-refractivity contribution in [1.29, 1.82) is 0 Å². The second kappa shape index (κ2) is 4.85. The van der Waals surface area contributed by atoms with Crippen LogP contribution in [0.2, 0.25) is 0 Å². The van der Waals surface area contributed by atoms with E-state index in [0.717, 1.165) is 5.75 Å². The van der Waals surface area contributed by atoms with Crippen molar-refractivity contribution in [3.8, 4) is 5.75 Å². The molecule has 0 atom stereocenters. The first kappa shape index (κ1) is 10.8. The van der Waals surface area contributed by atoms with Crippen LogP contribution in [-0.2, 0) is 0 Å². The second-order valence-electron chi connectivity index (χ2n) is 2.67. The Kier molecular flexibility index (Phi) is 3.76. The summed E-state index contributed by atoms with van der Waals surface area (Å²) in [6.45, 7) is 3.62. The van der Waals surface area contributed by atoms with Crippen molar-refractivity contribution in [2.75, 3.05) is 5.75 Å². The van der Waals surface area contributed by atoms with Crippen LogP contribution in [-0.4, -0.2) is 10.7 Å². The van der Waals surface area contributed by atoms with Gasteiger partial charge in [-0.25, -0.2) is 0 Å². The average molecular weight is 213 g/mol. The van der Waals surface area contributed by atoms with Crippen molar-refractivity contribution in [2.45, 2.75) is 13.8 Å². The van der Waals surface area contributed by atoms with Crippen molar-refractivity contribution in [3.05, 3.63) is 33.9 Å². The van der Waals surface area contributed by atoms with E-state index in [0.29, 0.717) is 11.3 Å². The van der Waals surface area contributed by atoms with Gasteiger partial charge in [-0.3, -0.25) is 10.1 Å². The van der Waals surface area contributed by atoms with Gasteiger partial charge in [0.1, 0.15) is 0 Å². The summed E-state index contributed by atoms with van der Waals surface area (Å²) in [7, 11) is 0. The minimum Gasteiger partial charge on any atom is -0.419 e. The van der Waals surface area contributed by atoms with E-state index in [4.69, 9.17) is 4.18 Å². The van der Waals surface area contributed by atoms with Crippen LogP contribution in [0.1, 0.15) is 12.5 Å². The van der Waals surface area contributed by atoms with Crippen LogP contribution in [0.25, 0.3) is 0 Å². The van der Waals surface area contributed by atoms with Gasteiger partial charge in [0.25, 0.3) is 0 Å². The lowest BCUT2D eigenvalue weighted by atomic mass is 10.2. The van der Waals surface area contributed by atoms with E-state index in [1.807, 2.05) is 6.92 Å². The second-order valence-corrected chi connectivity index (χ2v) is 3.65. The molecule has 14 heavy (non-hydrogen) atoms. The molecule has 1 rings (SSSR count). The smallest absolute Gasteiger partial charge is 0.315 e. The number of benzene rings is 1. The molecule has 0 aliphatic heterocycles. The molecule has 0 amide bonds. The molecule has 5 heteroatoms. The summed E-state index contributed by atoms with van der Waals surface area (Å²) < 4.78 is 5.20. The molecular weight excluding hydrogens is 202 g/mol. The summed E-state index contributed by atoms with van der Waals surface area (Å²) in [6.07, 6.45) is 0. The predicted octanol–water partition coefficient (Wildman–Crippen LogP) is 2.95. The summed E-state index contributed by atoms with van der Waals surface area (Å²) in [5.74, 6) is 1.08. The Labute approximate surface area is 86.6 Å². The first-order valence-electron chi connectivity index (χ1n) is 4.20. The van der Waals surface area contributed by atoms with Gasteiger partial charge in [0.15, 0.2) is 0 Å². The molecule has 0 saturated carbocycles. The normalized spacial score (nSPS) is 9.86. The third-order valence-corrected chi connectivity index (χ3v) is 2.18. The predicted molar refractivity (Wildman–Crippen MR) is 56.6 cm³/mol. The highest BCUT2D eigenvalue weighted by molar-refractivity contribution is 7.94. The number of para-hydroxylation sites is 1. The molecule has 0 saturated heterocycles. The number of nitrogens with zero attached hydrogens (tertiary/aromatic N) is 1. The number of nitro groups is 1. The van der Waals surface area contributed by atoms with Crippen molar-refractivity contribution in [1.82, 2.24) is 0 Å². The number of hydrogen-bond donors (Lipinski definition) is 0. The topological polar surface area (TPSA) is 52.4 Å². The molecule has 1 aromatic rings. The van der Waals surface area contributed by atoms with E-state index in [2.05, 4.69) is 0 Å². The van der Waals surface area contributed by atoms with Crippen LogP contribution < -0.4 is 4.18 Å². The zero-order chi connectivity index (χ0) is 10.6. The van der Waals surface area contributed by atoms with Crippen molar-refractivity contribution >= 4 is 17.7 Å². The van der Waals surface area contributed by atoms with Crippen LogP contribution in [0.5, 0.6) is 5.75 Å². The average Bonchev–Trinajstić information content (AvgIpc) is 2.14. The Hall–Kier alpha value is -1.23. The van der Waals surface area contributed by atoms with E-state index in [9.17, 15) is 10.1 Å². The molecular formula is C9H11NO3S. The Bertz CT molecular complexity index is 341. The molecule has 0 radical (unpaired) electrons. The first-order valence-corrected chi connectivity index (χ1v) is 5.11. The van der Waals surface area contributed by atoms with Crippen molar-refractivity contribution in [3.63, 3.8) is 0 Å². The highest BCUT2D eigenvalue weighted by atomic mass is 32.2. The molecule has 0 aliphatic carbocycles. The molecule has 0 aromatic heterocycles. The van der Waals surface area contributed by atoms with Crippen LogP contribution in [0.15, 0.2) is 18.2 Å². The van der Waals surface area contributed by atoms with Gasteiger partial charge < -0.3 is 4.18 Å². The van der Waals surface area contributed by atoms with E-state index in [-0.39, 0.29) is 5.69 Å². The fourth-order valence-electron chi connectivity index (χ4n) is 1.06. The molecule has 0 spiro atoms. The Morgan fingerprint density at radius 3 is 2.86 bits per heavy atom. The Morgan fingerprint density at radius 1 is 1.57 bits per heavy atom. The van der Waals surface area contributed by atoms with E-state index < -0.39 is 4.92 Å². The number of nitro benzene ring substituents is 1. The van der Waals surface area contributed by atoms with Crippen LogP contribution in [0.4, 0.5) is 5.69 Å². The van der Waals surface area contributed by atoms with Gasteiger partial charge in [-0.15, -0.1) is 0 Å². The van der Waals surface area contributed by atoms with Gasteiger partial charge in [-0.05, 0) is 13.0 Å². The molecule has 0 N–H and O–H groups in total. The lowest BCUT2D eigenvalue weighted by Crippen LogP contribution is -1.95. The molecule has 0 heterocycles. The molecule has 0 bridgehead atoms. The van der Waals surface area contributed by atoms with Crippen LogP contribution >= 0.6 is 12.0 Å². The standard InChI is InChI=1S/C9H11NO3S/c1-3-14-13-8-6-4-5-7(2)9(8)10(11)12/h4-6H,3H2,1-2H3. The van der Waals surface area contributed by atoms with Gasteiger partial charge in [0.05, 0.1) is 17.0 Å². The summed E-state index contributed by atoms with van der Waals surface area (Å²) in [5, 5.41) is 10.7. The SMILES string of the molecule is CCSOc1cccc(C)c1[N+](=O)[O-]. The van der Waals surface area contributed by atoms with Gasteiger partial charge in [0, 0.05) is 11.3 Å². The fourth-order valence-corrected chi connectivity index (χ4v) is 1.43. The maximum absolute atomic E-state index is 10.7. The lowest BCUT2D eigenvalue weighted by Gasteiger charge is -2.04. The third-order valence-electron chi connectivity index (χ3n) is 1.65. The van der Waals surface area contributed by atoms with Crippen molar-refractivity contribution < 1.29 is 9.11 Å². The molecule has 0 unspecified atom stereocenters. The highest BCUT2D eigenvalue weighted by Gasteiger charge is 2.18. The van der Waals surface area contributed by atoms with Crippen LogP contribution in [0, 0.1) is 17.0 Å². The largest absolute Gasteiger partial charge is 0.419 e. The van der Waals surface area contributed by atoms with E-state index >= 15 is 0 Å². The van der Waals surface area contributed by atoms with Gasteiger partial charge in [-0.2, -0.15) is 0 Å². The molecule has 4 nitrogen and oxygen atoms in total. The lowest BCUT2D eigenvalue weighted by molar-refractivity contribution is -0.386. The first-order chi connectivity index (χ1) is 6.66. The maximum Gasteiger partial charge on any atom is 0.315 e. The number of hydrogen-bond acceptors (Lipinski definition) is 4. The zero-order valence-corrected chi connectivity index (χ0v) is 8.84. The molecule has 0 fully saturated rings. The molecule has 0 aliphatic rings. The summed E-state index contributed by atoms with van der Waals surface area (Å²) >= 11 is 1.20. The third kappa shape index (κ3) is 2.38. The monoisotopic (exact) mass is 213 g/mol. The summed E-state index contributed by atoms with van der Waals surface area (Å²) in [5.41, 5.74) is 0.664. The Morgan fingerprint density at radius 2 is 2.29 bits per heavy atom. The highest BCUT2D eigenvalue weighted by Crippen LogP contribution is 2.32. The number of aryl methyl sites for hydroxylation is 1. The zero-order valence-electron chi connectivity index (χ0n) is 8.02. The van der Waals surface area contributed by atoms with Gasteiger partial charge >= 0.3 is 5.69 Å². The minimum absolute atomic E-state index is 0.0495. The van der Waals surface area contributed by atoms with Gasteiger partial charge in [0.2, 0.25) is 5.75 Å². The summed E-state index contributed by atoms with van der Waals surface area (Å²) in [4.78, 5) is 10.3. The quantitative estimate of drug-likeness (QED) is 0.438. The molecule has 76 valence electrons. The fraction of sp³-hybridized carbons (Fsp3) is 0.333. The van der Waals surface area contributed by atoms with Crippen molar-refractivity contribution in [2.24, 2.45) is 0 Å². The summed E-state index contributed by atoms with van der Waals surface area (Å²) in [6, 6.07) is 5.04. The Balaban J connectivity index is 3.02. The van der Waals surface area contributed by atoms with E-state index in [1.54, 1.807) is 25.1 Å². The van der Waals surface area contributed by atoms with Crippen LogP contribution in [0.3, 0.4) is 0 Å².